The van der Waals surface area contributed by atoms with Crippen molar-refractivity contribution in [1.82, 2.24) is 5.32 Å². The van der Waals surface area contributed by atoms with Gasteiger partial charge in [-0.25, -0.2) is 0 Å². The highest BCUT2D eigenvalue weighted by Crippen LogP contribution is 2.19. The van der Waals surface area contributed by atoms with Crippen LogP contribution in [-0.4, -0.2) is 37.4 Å². The lowest BCUT2D eigenvalue weighted by Crippen LogP contribution is -2.38. The predicted octanol–water partition coefficient (Wildman–Crippen LogP) is 2.07. The van der Waals surface area contributed by atoms with Gasteiger partial charge in [-0.05, 0) is 47.2 Å². The first-order valence-corrected chi connectivity index (χ1v) is 6.90. The van der Waals surface area contributed by atoms with E-state index in [0.29, 0.717) is 23.6 Å². The minimum Gasteiger partial charge on any atom is -0.396 e. The van der Waals surface area contributed by atoms with Gasteiger partial charge in [0.1, 0.15) is 0 Å². The molecule has 0 heterocycles. The normalized spacial score (nSPS) is 12.2. The summed E-state index contributed by atoms with van der Waals surface area (Å²) in [5, 5.41) is 12.2. The number of hydrogen-bond acceptors (Lipinski definition) is 3. The first-order valence-electron chi connectivity index (χ1n) is 5.44. The third-order valence-electron chi connectivity index (χ3n) is 2.36. The second-order valence-corrected chi connectivity index (χ2v) is 5.34. The van der Waals surface area contributed by atoms with Gasteiger partial charge in [0, 0.05) is 22.9 Å². The van der Waals surface area contributed by atoms with E-state index < -0.39 is 0 Å². The van der Waals surface area contributed by atoms with Gasteiger partial charge >= 0.3 is 0 Å². The van der Waals surface area contributed by atoms with Crippen LogP contribution in [0.15, 0.2) is 18.2 Å². The Bertz CT molecular complexity index is 408. The summed E-state index contributed by atoms with van der Waals surface area (Å²) in [5.74, 6) is -0.219. The molecule has 2 N–H and O–H groups in total. The van der Waals surface area contributed by atoms with Gasteiger partial charge in [-0.15, -0.1) is 0 Å². The minimum absolute atomic E-state index is 0.00174. The van der Waals surface area contributed by atoms with E-state index in [2.05, 4.69) is 27.9 Å². The number of carbonyl (C=O) groups is 1. The van der Waals surface area contributed by atoms with Gasteiger partial charge < -0.3 is 15.2 Å². The number of carbonyl (C=O) groups excluding carboxylic acids is 1. The van der Waals surface area contributed by atoms with Gasteiger partial charge in [0.25, 0.3) is 5.91 Å². The fourth-order valence-corrected chi connectivity index (χ4v) is 1.98. The molecule has 0 aliphatic carbocycles. The SMILES string of the molecule is COCC(CCO)NC(=O)c1ccc(I)c(Cl)c1. The Morgan fingerprint density at radius 1 is 1.61 bits per heavy atom. The van der Waals surface area contributed by atoms with Gasteiger partial charge in [-0.3, -0.25) is 4.79 Å². The van der Waals surface area contributed by atoms with E-state index in [-0.39, 0.29) is 18.6 Å². The summed E-state index contributed by atoms with van der Waals surface area (Å²) < 4.78 is 5.88. The number of nitrogens with one attached hydrogen (secondary N) is 1. The number of methoxy groups -OCH3 is 1. The van der Waals surface area contributed by atoms with Crippen LogP contribution in [0.25, 0.3) is 0 Å². The lowest BCUT2D eigenvalue weighted by molar-refractivity contribution is 0.0878. The maximum atomic E-state index is 12.0. The van der Waals surface area contributed by atoms with E-state index in [1.165, 1.54) is 0 Å². The number of halogens is 2. The lowest BCUT2D eigenvalue weighted by Gasteiger charge is -2.17. The van der Waals surface area contributed by atoms with Crippen molar-refractivity contribution >= 4 is 40.1 Å². The summed E-state index contributed by atoms with van der Waals surface area (Å²) in [6.07, 6.45) is 0.456. The highest BCUT2D eigenvalue weighted by Gasteiger charge is 2.14. The molecule has 100 valence electrons. The molecule has 0 aliphatic rings. The second-order valence-electron chi connectivity index (χ2n) is 3.77. The monoisotopic (exact) mass is 383 g/mol. The van der Waals surface area contributed by atoms with E-state index >= 15 is 0 Å². The molecule has 0 aromatic heterocycles. The van der Waals surface area contributed by atoms with Crippen LogP contribution in [0.2, 0.25) is 5.02 Å². The lowest BCUT2D eigenvalue weighted by atomic mass is 10.1. The van der Waals surface area contributed by atoms with Gasteiger partial charge in [0.05, 0.1) is 17.7 Å². The molecule has 1 amide bonds. The second kappa shape index (κ2) is 7.93. The van der Waals surface area contributed by atoms with Crippen molar-refractivity contribution < 1.29 is 14.6 Å². The van der Waals surface area contributed by atoms with Crippen LogP contribution in [0.3, 0.4) is 0 Å². The average molecular weight is 384 g/mol. The fourth-order valence-electron chi connectivity index (χ4n) is 1.46. The molecular formula is C12H15ClINO3. The molecule has 0 radical (unpaired) electrons. The Kier molecular flexibility index (Phi) is 6.91. The smallest absolute Gasteiger partial charge is 0.251 e. The van der Waals surface area contributed by atoms with Crippen molar-refractivity contribution in [2.75, 3.05) is 20.3 Å². The Morgan fingerprint density at radius 3 is 2.89 bits per heavy atom. The molecule has 1 rings (SSSR count). The molecule has 0 saturated carbocycles. The summed E-state index contributed by atoms with van der Waals surface area (Å²) in [5.41, 5.74) is 0.499. The number of aliphatic hydroxyl groups is 1. The maximum Gasteiger partial charge on any atom is 0.251 e. The molecule has 0 saturated heterocycles. The number of ether oxygens (including phenoxy) is 1. The van der Waals surface area contributed by atoms with Crippen LogP contribution >= 0.6 is 34.2 Å². The zero-order chi connectivity index (χ0) is 13.5. The third kappa shape index (κ3) is 4.72. The number of aliphatic hydroxyl groups excluding tert-OH is 1. The van der Waals surface area contributed by atoms with E-state index in [4.69, 9.17) is 21.4 Å². The summed E-state index contributed by atoms with van der Waals surface area (Å²) in [4.78, 5) is 12.0. The van der Waals surface area contributed by atoms with E-state index in [1.54, 1.807) is 25.3 Å². The van der Waals surface area contributed by atoms with Crippen molar-refractivity contribution in [2.24, 2.45) is 0 Å². The Morgan fingerprint density at radius 2 is 2.33 bits per heavy atom. The Balaban J connectivity index is 2.70. The number of benzene rings is 1. The van der Waals surface area contributed by atoms with E-state index in [9.17, 15) is 4.79 Å². The molecular weight excluding hydrogens is 368 g/mol. The molecule has 1 atom stereocenters. The molecule has 4 nitrogen and oxygen atoms in total. The summed E-state index contributed by atoms with van der Waals surface area (Å²) in [6.45, 7) is 0.367. The molecule has 18 heavy (non-hydrogen) atoms. The van der Waals surface area contributed by atoms with Gasteiger partial charge in [-0.2, -0.15) is 0 Å². The Hall–Kier alpha value is -0.370. The molecule has 1 aromatic carbocycles. The van der Waals surface area contributed by atoms with E-state index in [1.807, 2.05) is 0 Å². The van der Waals surface area contributed by atoms with E-state index in [0.717, 1.165) is 3.57 Å². The highest BCUT2D eigenvalue weighted by atomic mass is 127. The largest absolute Gasteiger partial charge is 0.396 e. The average Bonchev–Trinajstić information content (AvgIpc) is 2.33. The highest BCUT2D eigenvalue weighted by molar-refractivity contribution is 14.1. The summed E-state index contributed by atoms with van der Waals surface area (Å²) >= 11 is 8.06. The molecule has 1 aromatic rings. The summed E-state index contributed by atoms with van der Waals surface area (Å²) in [6, 6.07) is 4.92. The first kappa shape index (κ1) is 15.7. The standard InChI is InChI=1S/C12H15ClINO3/c1-18-7-9(4-5-16)15-12(17)8-2-3-11(14)10(13)6-8/h2-3,6,9,16H,4-5,7H2,1H3,(H,15,17). The van der Waals surface area contributed by atoms with Crippen molar-refractivity contribution in [3.8, 4) is 0 Å². The van der Waals surface area contributed by atoms with Crippen LogP contribution in [0.4, 0.5) is 0 Å². The van der Waals surface area contributed by atoms with Crippen molar-refractivity contribution in [2.45, 2.75) is 12.5 Å². The van der Waals surface area contributed by atoms with Gasteiger partial charge in [0.2, 0.25) is 0 Å². The van der Waals surface area contributed by atoms with Crippen LogP contribution in [-0.2, 0) is 4.74 Å². The maximum absolute atomic E-state index is 12.0. The van der Waals surface area contributed by atoms with Crippen LogP contribution < -0.4 is 5.32 Å². The molecule has 1 unspecified atom stereocenters. The first-order chi connectivity index (χ1) is 8.58. The third-order valence-corrected chi connectivity index (χ3v) is 3.93. The Labute approximate surface area is 125 Å². The van der Waals surface area contributed by atoms with Gasteiger partial charge in [0.15, 0.2) is 0 Å². The van der Waals surface area contributed by atoms with Crippen LogP contribution in [0.5, 0.6) is 0 Å². The molecule has 0 aliphatic heterocycles. The van der Waals surface area contributed by atoms with Crippen molar-refractivity contribution in [3.05, 3.63) is 32.4 Å². The minimum atomic E-state index is -0.219. The van der Waals surface area contributed by atoms with Crippen LogP contribution in [0.1, 0.15) is 16.8 Å². The number of hydrogen-bond donors (Lipinski definition) is 2. The molecule has 0 spiro atoms. The fraction of sp³-hybridized carbons (Fsp3) is 0.417. The molecule has 0 bridgehead atoms. The van der Waals surface area contributed by atoms with Crippen molar-refractivity contribution in [1.29, 1.82) is 0 Å². The zero-order valence-corrected chi connectivity index (χ0v) is 12.9. The van der Waals surface area contributed by atoms with Gasteiger partial charge in [-0.1, -0.05) is 11.6 Å². The zero-order valence-electron chi connectivity index (χ0n) is 9.95. The summed E-state index contributed by atoms with van der Waals surface area (Å²) in [7, 11) is 1.55. The molecule has 0 fully saturated rings. The van der Waals surface area contributed by atoms with Crippen molar-refractivity contribution in [3.63, 3.8) is 0 Å². The molecule has 6 heteroatoms. The quantitative estimate of drug-likeness (QED) is 0.740. The number of rotatable bonds is 6. The topological polar surface area (TPSA) is 58.6 Å². The number of amides is 1. The predicted molar refractivity (Wildman–Crippen MR) is 79.0 cm³/mol. The van der Waals surface area contributed by atoms with Crippen LogP contribution in [0, 0.1) is 3.57 Å².